The summed E-state index contributed by atoms with van der Waals surface area (Å²) in [4.78, 5) is 2.16. The Bertz CT molecular complexity index is 347. The molecular weight excluding hydrogens is 191 g/mol. The first-order valence-electron chi connectivity index (χ1n) is 5.54. The third-order valence-electron chi connectivity index (χ3n) is 2.73. The van der Waals surface area contributed by atoms with Crippen molar-refractivity contribution >= 4 is 11.4 Å². The summed E-state index contributed by atoms with van der Waals surface area (Å²) in [5, 5.41) is 0. The van der Waals surface area contributed by atoms with Gasteiger partial charge in [0.05, 0.1) is 5.69 Å². The fourth-order valence-electron chi connectivity index (χ4n) is 1.88. The van der Waals surface area contributed by atoms with Crippen molar-refractivity contribution in [2.75, 3.05) is 17.2 Å². The van der Waals surface area contributed by atoms with Crippen LogP contribution in [-0.4, -0.2) is 12.6 Å². The Morgan fingerprint density at radius 3 is 2.73 bits per heavy atom. The molecule has 82 valence electrons. The lowest BCUT2D eigenvalue weighted by molar-refractivity contribution is 0.614. The van der Waals surface area contributed by atoms with Gasteiger partial charge in [0.2, 0.25) is 0 Å². The Kier molecular flexibility index (Phi) is 2.80. The van der Waals surface area contributed by atoms with E-state index < -0.39 is 0 Å². The van der Waals surface area contributed by atoms with Crippen LogP contribution in [0, 0.1) is 5.82 Å². The molecule has 2 N–H and O–H groups in total. The highest BCUT2D eigenvalue weighted by atomic mass is 19.1. The van der Waals surface area contributed by atoms with Gasteiger partial charge in [0.25, 0.3) is 0 Å². The average Bonchev–Trinajstić information content (AvgIpc) is 2.98. The van der Waals surface area contributed by atoms with Crippen LogP contribution in [-0.2, 0) is 0 Å². The summed E-state index contributed by atoms with van der Waals surface area (Å²) in [5.41, 5.74) is 6.73. The molecule has 0 amide bonds. The summed E-state index contributed by atoms with van der Waals surface area (Å²) in [5.74, 6) is -0.199. The third-order valence-corrected chi connectivity index (χ3v) is 2.73. The highest BCUT2D eigenvalue weighted by molar-refractivity contribution is 5.55. The monoisotopic (exact) mass is 208 g/mol. The smallest absolute Gasteiger partial charge is 0.148 e. The van der Waals surface area contributed by atoms with Gasteiger partial charge in [0.15, 0.2) is 0 Å². The summed E-state index contributed by atoms with van der Waals surface area (Å²) >= 11 is 0. The topological polar surface area (TPSA) is 29.3 Å². The number of benzene rings is 1. The number of hydrogen-bond donors (Lipinski definition) is 1. The minimum absolute atomic E-state index is 0.199. The van der Waals surface area contributed by atoms with E-state index in [1.165, 1.54) is 18.9 Å². The molecule has 1 aromatic carbocycles. The number of nitrogens with zero attached hydrogens (tertiary/aromatic N) is 1. The van der Waals surface area contributed by atoms with E-state index in [2.05, 4.69) is 11.8 Å². The fraction of sp³-hybridized carbons (Fsp3) is 0.500. The van der Waals surface area contributed by atoms with Crippen molar-refractivity contribution in [2.45, 2.75) is 32.2 Å². The van der Waals surface area contributed by atoms with E-state index in [9.17, 15) is 4.39 Å². The van der Waals surface area contributed by atoms with Crippen molar-refractivity contribution in [2.24, 2.45) is 0 Å². The van der Waals surface area contributed by atoms with Gasteiger partial charge in [-0.2, -0.15) is 0 Å². The lowest BCUT2D eigenvalue weighted by Gasteiger charge is -2.24. The van der Waals surface area contributed by atoms with Crippen LogP contribution >= 0.6 is 0 Å². The van der Waals surface area contributed by atoms with Crippen molar-refractivity contribution in [3.63, 3.8) is 0 Å². The van der Waals surface area contributed by atoms with Crippen molar-refractivity contribution in [1.82, 2.24) is 0 Å². The fourth-order valence-corrected chi connectivity index (χ4v) is 1.88. The first kappa shape index (κ1) is 10.3. The lowest BCUT2D eigenvalue weighted by Crippen LogP contribution is -2.27. The molecule has 0 unspecified atom stereocenters. The predicted octanol–water partition coefficient (Wildman–Crippen LogP) is 2.79. The minimum atomic E-state index is -0.199. The van der Waals surface area contributed by atoms with E-state index in [1.807, 2.05) is 0 Å². The number of rotatable bonds is 4. The summed E-state index contributed by atoms with van der Waals surface area (Å²) in [6, 6.07) is 5.51. The molecule has 0 aliphatic heterocycles. The van der Waals surface area contributed by atoms with Gasteiger partial charge >= 0.3 is 0 Å². The zero-order valence-electron chi connectivity index (χ0n) is 9.04. The van der Waals surface area contributed by atoms with Crippen LogP contribution in [0.5, 0.6) is 0 Å². The lowest BCUT2D eigenvalue weighted by atomic mass is 10.2. The van der Waals surface area contributed by atoms with Gasteiger partial charge in [-0.1, -0.05) is 6.92 Å². The molecule has 0 bridgehead atoms. The van der Waals surface area contributed by atoms with Gasteiger partial charge in [0.1, 0.15) is 5.82 Å². The van der Waals surface area contributed by atoms with E-state index in [4.69, 9.17) is 5.73 Å². The maximum Gasteiger partial charge on any atom is 0.148 e. The van der Waals surface area contributed by atoms with E-state index in [0.717, 1.165) is 13.0 Å². The van der Waals surface area contributed by atoms with Crippen molar-refractivity contribution in [3.05, 3.63) is 24.0 Å². The Balaban J connectivity index is 2.24. The SMILES string of the molecule is CCCN(c1ccc(N)cc1F)C1CC1. The van der Waals surface area contributed by atoms with Crippen molar-refractivity contribution in [1.29, 1.82) is 0 Å². The van der Waals surface area contributed by atoms with Gasteiger partial charge in [-0.15, -0.1) is 0 Å². The number of nitrogens with two attached hydrogens (primary N) is 1. The summed E-state index contributed by atoms with van der Waals surface area (Å²) in [7, 11) is 0. The standard InChI is InChI=1S/C12H17FN2/c1-2-7-15(10-4-5-10)12-6-3-9(14)8-11(12)13/h3,6,8,10H,2,4-5,7,14H2,1H3. The van der Waals surface area contributed by atoms with Crippen LogP contribution in [0.3, 0.4) is 0 Å². The number of anilines is 2. The quantitative estimate of drug-likeness (QED) is 0.771. The second-order valence-corrected chi connectivity index (χ2v) is 4.14. The number of nitrogen functional groups attached to an aromatic ring is 1. The number of hydrogen-bond acceptors (Lipinski definition) is 2. The molecule has 2 nitrogen and oxygen atoms in total. The molecule has 0 saturated heterocycles. The molecule has 0 heterocycles. The van der Waals surface area contributed by atoms with Gasteiger partial charge < -0.3 is 10.6 Å². The van der Waals surface area contributed by atoms with E-state index >= 15 is 0 Å². The largest absolute Gasteiger partial charge is 0.399 e. The maximum absolute atomic E-state index is 13.7. The maximum atomic E-state index is 13.7. The minimum Gasteiger partial charge on any atom is -0.399 e. The van der Waals surface area contributed by atoms with Crippen molar-refractivity contribution in [3.8, 4) is 0 Å². The second-order valence-electron chi connectivity index (χ2n) is 4.14. The first-order chi connectivity index (χ1) is 7.22. The highest BCUT2D eigenvalue weighted by Crippen LogP contribution is 2.33. The molecule has 1 saturated carbocycles. The van der Waals surface area contributed by atoms with Crippen LogP contribution in [0.4, 0.5) is 15.8 Å². The highest BCUT2D eigenvalue weighted by Gasteiger charge is 2.29. The molecule has 3 heteroatoms. The van der Waals surface area contributed by atoms with Crippen molar-refractivity contribution < 1.29 is 4.39 Å². The van der Waals surface area contributed by atoms with Gasteiger partial charge in [-0.25, -0.2) is 4.39 Å². The van der Waals surface area contributed by atoms with E-state index in [0.29, 0.717) is 17.4 Å². The molecule has 0 atom stereocenters. The van der Waals surface area contributed by atoms with Crippen LogP contribution < -0.4 is 10.6 Å². The van der Waals surface area contributed by atoms with Gasteiger partial charge in [-0.05, 0) is 37.5 Å². The van der Waals surface area contributed by atoms with Gasteiger partial charge in [-0.3, -0.25) is 0 Å². The summed E-state index contributed by atoms with van der Waals surface area (Å²) in [6.45, 7) is 3.04. The van der Waals surface area contributed by atoms with Crippen LogP contribution in [0.25, 0.3) is 0 Å². The molecule has 1 aliphatic carbocycles. The predicted molar refractivity (Wildman–Crippen MR) is 61.5 cm³/mol. The number of halogens is 1. The zero-order valence-corrected chi connectivity index (χ0v) is 9.04. The second kappa shape index (κ2) is 4.09. The Morgan fingerprint density at radius 2 is 2.20 bits per heavy atom. The van der Waals surface area contributed by atoms with E-state index in [-0.39, 0.29) is 5.82 Å². The Labute approximate surface area is 89.9 Å². The summed E-state index contributed by atoms with van der Waals surface area (Å²) in [6.07, 6.45) is 3.41. The molecule has 15 heavy (non-hydrogen) atoms. The van der Waals surface area contributed by atoms with Crippen LogP contribution in [0.1, 0.15) is 26.2 Å². The zero-order chi connectivity index (χ0) is 10.8. The first-order valence-corrected chi connectivity index (χ1v) is 5.54. The molecular formula is C12H17FN2. The molecule has 1 aromatic rings. The van der Waals surface area contributed by atoms with E-state index in [1.54, 1.807) is 12.1 Å². The summed E-state index contributed by atoms with van der Waals surface area (Å²) < 4.78 is 13.7. The molecule has 2 rings (SSSR count). The molecule has 1 aliphatic rings. The third kappa shape index (κ3) is 2.22. The molecule has 0 radical (unpaired) electrons. The van der Waals surface area contributed by atoms with Crippen LogP contribution in [0.15, 0.2) is 18.2 Å². The average molecular weight is 208 g/mol. The normalized spacial score (nSPS) is 15.3. The molecule has 0 aromatic heterocycles. The molecule has 0 spiro atoms. The van der Waals surface area contributed by atoms with Crippen LogP contribution in [0.2, 0.25) is 0 Å². The Hall–Kier alpha value is -1.25. The molecule has 1 fully saturated rings. The Morgan fingerprint density at radius 1 is 1.47 bits per heavy atom. The van der Waals surface area contributed by atoms with Gasteiger partial charge in [0, 0.05) is 18.3 Å².